The van der Waals surface area contributed by atoms with Gasteiger partial charge in [0.2, 0.25) is 0 Å². The molecule has 180 valence electrons. The van der Waals surface area contributed by atoms with Crippen LogP contribution < -0.4 is 9.91 Å². The van der Waals surface area contributed by atoms with Crippen LogP contribution in [0.5, 0.6) is 0 Å². The summed E-state index contributed by atoms with van der Waals surface area (Å²) >= 11 is 0. The fourth-order valence-corrected chi connectivity index (χ4v) is 4.64. The van der Waals surface area contributed by atoms with Gasteiger partial charge in [0.1, 0.15) is 6.10 Å². The third-order valence-corrected chi connectivity index (χ3v) is 6.54. The summed E-state index contributed by atoms with van der Waals surface area (Å²) in [4.78, 5) is 2.36. The van der Waals surface area contributed by atoms with Crippen molar-refractivity contribution in [3.63, 3.8) is 0 Å². The highest BCUT2D eigenvalue weighted by atomic mass is 16.6. The number of nitrogens with zero attached hydrogens (tertiary/aromatic N) is 3. The zero-order valence-corrected chi connectivity index (χ0v) is 20.1. The summed E-state index contributed by atoms with van der Waals surface area (Å²) in [6.07, 6.45) is 3.18. The maximum Gasteiger partial charge on any atom is 0.104 e. The van der Waals surface area contributed by atoms with Gasteiger partial charge in [-0.2, -0.15) is 5.10 Å². The zero-order valence-electron chi connectivity index (χ0n) is 20.1. The van der Waals surface area contributed by atoms with Crippen LogP contribution in [0.1, 0.15) is 11.1 Å². The first-order valence-corrected chi connectivity index (χ1v) is 12.5. The molecular weight excluding hydrogens is 446 g/mol. The molecule has 36 heavy (non-hydrogen) atoms. The molecule has 5 nitrogen and oxygen atoms in total. The van der Waals surface area contributed by atoms with Crippen molar-refractivity contribution in [1.29, 1.82) is 0 Å². The number of hydrogen-bond acceptors (Lipinski definition) is 5. The van der Waals surface area contributed by atoms with E-state index in [0.29, 0.717) is 6.61 Å². The van der Waals surface area contributed by atoms with E-state index in [9.17, 15) is 0 Å². The third-order valence-electron chi connectivity index (χ3n) is 6.54. The molecule has 0 radical (unpaired) electrons. The van der Waals surface area contributed by atoms with Crippen LogP contribution in [0.2, 0.25) is 0 Å². The van der Waals surface area contributed by atoms with Crippen LogP contribution in [0, 0.1) is 0 Å². The van der Waals surface area contributed by atoms with Crippen molar-refractivity contribution in [2.45, 2.75) is 18.6 Å². The molecule has 1 fully saturated rings. The highest BCUT2D eigenvalue weighted by Gasteiger charge is 2.29. The van der Waals surface area contributed by atoms with Crippen molar-refractivity contribution in [1.82, 2.24) is 0 Å². The molecule has 0 saturated carbocycles. The Morgan fingerprint density at radius 2 is 1.50 bits per heavy atom. The number of hydrazone groups is 1. The van der Waals surface area contributed by atoms with Crippen molar-refractivity contribution in [3.05, 3.63) is 120 Å². The molecule has 6 rings (SSSR count). The van der Waals surface area contributed by atoms with Gasteiger partial charge < -0.3 is 14.4 Å². The highest BCUT2D eigenvalue weighted by molar-refractivity contribution is 5.84. The predicted molar refractivity (Wildman–Crippen MR) is 146 cm³/mol. The fourth-order valence-electron chi connectivity index (χ4n) is 4.64. The Bertz CT molecular complexity index is 1270. The van der Waals surface area contributed by atoms with E-state index in [2.05, 4.69) is 77.7 Å². The molecule has 0 bridgehead atoms. The summed E-state index contributed by atoms with van der Waals surface area (Å²) in [6.45, 7) is 2.30. The van der Waals surface area contributed by atoms with Crippen LogP contribution in [0.15, 0.2) is 114 Å². The minimum absolute atomic E-state index is 0.110. The first-order chi connectivity index (χ1) is 17.8. The van der Waals surface area contributed by atoms with E-state index in [-0.39, 0.29) is 12.2 Å². The number of para-hydroxylation sites is 3. The predicted octanol–water partition coefficient (Wildman–Crippen LogP) is 6.34. The quantitative estimate of drug-likeness (QED) is 0.169. The second kappa shape index (κ2) is 10.4. The summed E-state index contributed by atoms with van der Waals surface area (Å²) in [5.74, 6) is 0. The lowest BCUT2D eigenvalue weighted by molar-refractivity contribution is 0.0462. The lowest BCUT2D eigenvalue weighted by atomic mass is 9.97. The van der Waals surface area contributed by atoms with Gasteiger partial charge in [-0.1, -0.05) is 60.7 Å². The van der Waals surface area contributed by atoms with Crippen LogP contribution in [0.25, 0.3) is 0 Å². The standard InChI is InChI=1S/C31H29N3O2/c1-4-10-26(11-5-1)33-21-29(35-22-30-23-36-30)19-25-18-24(16-17-31(25)33)20-32-34(27-12-6-2-7-13-27)28-14-8-3-9-15-28/h1-18,20,29-30H,19,21-23H2. The largest absolute Gasteiger partial charge is 0.373 e. The van der Waals surface area contributed by atoms with Crippen molar-refractivity contribution >= 4 is 29.0 Å². The van der Waals surface area contributed by atoms with Crippen molar-refractivity contribution < 1.29 is 9.47 Å². The lowest BCUT2D eigenvalue weighted by Gasteiger charge is -2.36. The van der Waals surface area contributed by atoms with Gasteiger partial charge in [-0.05, 0) is 59.7 Å². The Morgan fingerprint density at radius 3 is 2.14 bits per heavy atom. The number of hydrogen-bond donors (Lipinski definition) is 0. The van der Waals surface area contributed by atoms with Gasteiger partial charge in [-0.15, -0.1) is 0 Å². The highest BCUT2D eigenvalue weighted by Crippen LogP contribution is 2.35. The van der Waals surface area contributed by atoms with Gasteiger partial charge in [-0.3, -0.25) is 0 Å². The molecule has 2 aliphatic heterocycles. The Balaban J connectivity index is 1.30. The molecule has 0 amide bonds. The summed E-state index contributed by atoms with van der Waals surface area (Å²) in [7, 11) is 0. The third kappa shape index (κ3) is 5.18. The van der Waals surface area contributed by atoms with E-state index >= 15 is 0 Å². The van der Waals surface area contributed by atoms with Crippen molar-refractivity contribution in [3.8, 4) is 0 Å². The van der Waals surface area contributed by atoms with Crippen LogP contribution >= 0.6 is 0 Å². The number of ether oxygens (including phenoxy) is 2. The average molecular weight is 476 g/mol. The molecule has 2 atom stereocenters. The molecule has 4 aromatic carbocycles. The second-order valence-electron chi connectivity index (χ2n) is 9.18. The Labute approximate surface area is 212 Å². The molecule has 0 aromatic heterocycles. The van der Waals surface area contributed by atoms with Crippen molar-refractivity contribution in [2.24, 2.45) is 5.10 Å². The molecule has 2 unspecified atom stereocenters. The summed E-state index contributed by atoms with van der Waals surface area (Å²) < 4.78 is 11.6. The van der Waals surface area contributed by atoms with Gasteiger partial charge in [-0.25, -0.2) is 5.01 Å². The average Bonchev–Trinajstić information content (AvgIpc) is 3.78. The lowest BCUT2D eigenvalue weighted by Crippen LogP contribution is -2.38. The van der Waals surface area contributed by atoms with Crippen LogP contribution in [0.4, 0.5) is 22.7 Å². The van der Waals surface area contributed by atoms with E-state index in [0.717, 1.165) is 36.5 Å². The topological polar surface area (TPSA) is 40.6 Å². The second-order valence-corrected chi connectivity index (χ2v) is 9.18. The van der Waals surface area contributed by atoms with Gasteiger partial charge in [0.15, 0.2) is 0 Å². The molecule has 0 N–H and O–H groups in total. The van der Waals surface area contributed by atoms with E-state index in [1.54, 1.807) is 0 Å². The normalized spacial score (nSPS) is 18.7. The smallest absolute Gasteiger partial charge is 0.104 e. The Morgan fingerprint density at radius 1 is 0.861 bits per heavy atom. The number of rotatable bonds is 8. The van der Waals surface area contributed by atoms with Gasteiger partial charge in [0.05, 0.1) is 36.9 Å². The zero-order chi connectivity index (χ0) is 24.2. The molecule has 0 spiro atoms. The van der Waals surface area contributed by atoms with Crippen LogP contribution in [-0.2, 0) is 15.9 Å². The minimum Gasteiger partial charge on any atom is -0.373 e. The first-order valence-electron chi connectivity index (χ1n) is 12.5. The minimum atomic E-state index is 0.110. The molecule has 4 aromatic rings. The summed E-state index contributed by atoms with van der Waals surface area (Å²) in [5.41, 5.74) is 6.76. The molecule has 5 heteroatoms. The number of fused-ring (bicyclic) bond motifs is 1. The maximum atomic E-state index is 6.26. The van der Waals surface area contributed by atoms with Gasteiger partial charge in [0.25, 0.3) is 0 Å². The van der Waals surface area contributed by atoms with E-state index in [4.69, 9.17) is 14.6 Å². The molecule has 1 saturated heterocycles. The summed E-state index contributed by atoms with van der Waals surface area (Å²) in [5, 5.41) is 6.86. The van der Waals surface area contributed by atoms with E-state index in [1.807, 2.05) is 47.6 Å². The number of anilines is 4. The maximum absolute atomic E-state index is 6.26. The first kappa shape index (κ1) is 22.5. The van der Waals surface area contributed by atoms with E-state index < -0.39 is 0 Å². The monoisotopic (exact) mass is 475 g/mol. The Kier molecular flexibility index (Phi) is 6.48. The Hall–Kier alpha value is -3.93. The summed E-state index contributed by atoms with van der Waals surface area (Å²) in [6, 6.07) is 37.6. The van der Waals surface area contributed by atoms with Crippen LogP contribution in [-0.4, -0.2) is 38.2 Å². The molecular formula is C31H29N3O2. The van der Waals surface area contributed by atoms with Gasteiger partial charge >= 0.3 is 0 Å². The number of epoxide rings is 1. The van der Waals surface area contributed by atoms with E-state index in [1.165, 1.54) is 16.9 Å². The molecule has 2 heterocycles. The van der Waals surface area contributed by atoms with Gasteiger partial charge in [0, 0.05) is 24.3 Å². The molecule has 0 aliphatic carbocycles. The van der Waals surface area contributed by atoms with Crippen molar-refractivity contribution in [2.75, 3.05) is 29.7 Å². The fraction of sp³-hybridized carbons (Fsp3) is 0.194. The molecule has 2 aliphatic rings. The SMILES string of the molecule is C(=NN(c1ccccc1)c1ccccc1)c1ccc2c(c1)CC(OCC1CO1)CN2c1ccccc1. The van der Waals surface area contributed by atoms with Crippen LogP contribution in [0.3, 0.4) is 0 Å². The number of benzene rings is 4.